The lowest BCUT2D eigenvalue weighted by Gasteiger charge is -2.13. The Morgan fingerprint density at radius 1 is 1.33 bits per heavy atom. The number of benzene rings is 1. The van der Waals surface area contributed by atoms with Gasteiger partial charge in [0, 0.05) is 25.3 Å². The van der Waals surface area contributed by atoms with Gasteiger partial charge in [0.05, 0.1) is 0 Å². The molecule has 5 nitrogen and oxygen atoms in total. The van der Waals surface area contributed by atoms with Gasteiger partial charge in [0.25, 0.3) is 0 Å². The summed E-state index contributed by atoms with van der Waals surface area (Å²) in [6.45, 7) is 2.06. The topological polar surface area (TPSA) is 60.0 Å². The van der Waals surface area contributed by atoms with E-state index in [4.69, 9.17) is 5.84 Å². The maximum Gasteiger partial charge on any atom is 0.210 e. The monoisotopic (exact) mass is 263 g/mol. The number of nitrogens with zero attached hydrogens (tertiary/aromatic N) is 4. The van der Waals surface area contributed by atoms with Crippen LogP contribution in [0.1, 0.15) is 6.92 Å². The summed E-state index contributed by atoms with van der Waals surface area (Å²) < 4.78 is 1.54. The Morgan fingerprint density at radius 3 is 2.78 bits per heavy atom. The van der Waals surface area contributed by atoms with Gasteiger partial charge in [-0.05, 0) is 17.9 Å². The number of hydrogen-bond donors (Lipinski definition) is 1. The summed E-state index contributed by atoms with van der Waals surface area (Å²) in [6, 6.07) is 8.07. The number of aromatic nitrogens is 3. The zero-order valence-corrected chi connectivity index (χ0v) is 11.6. The van der Waals surface area contributed by atoms with Crippen LogP contribution in [-0.4, -0.2) is 34.7 Å². The number of nitrogens with two attached hydrogens (primary N) is 1. The van der Waals surface area contributed by atoms with Crippen LogP contribution in [-0.2, 0) is 0 Å². The van der Waals surface area contributed by atoms with E-state index < -0.39 is 0 Å². The lowest BCUT2D eigenvalue weighted by molar-refractivity contribution is 0.850. The molecule has 1 aromatic heterocycles. The van der Waals surface area contributed by atoms with Crippen molar-refractivity contribution in [3.05, 3.63) is 24.3 Å². The molecule has 0 aliphatic carbocycles. The van der Waals surface area contributed by atoms with E-state index in [1.54, 1.807) is 16.4 Å². The van der Waals surface area contributed by atoms with Crippen molar-refractivity contribution in [3.63, 3.8) is 0 Å². The molecule has 0 saturated heterocycles. The van der Waals surface area contributed by atoms with Gasteiger partial charge < -0.3 is 10.7 Å². The molecule has 0 radical (unpaired) electrons. The van der Waals surface area contributed by atoms with Crippen LogP contribution in [0.25, 0.3) is 11.4 Å². The molecular weight excluding hydrogens is 246 g/mol. The molecule has 2 rings (SSSR count). The number of anilines is 1. The Labute approximate surface area is 111 Å². The normalized spacial score (nSPS) is 10.6. The third-order valence-electron chi connectivity index (χ3n) is 2.56. The van der Waals surface area contributed by atoms with Gasteiger partial charge in [0.1, 0.15) is 0 Å². The van der Waals surface area contributed by atoms with E-state index in [9.17, 15) is 0 Å². The second-order valence-electron chi connectivity index (χ2n) is 4.05. The first-order chi connectivity index (χ1) is 8.63. The van der Waals surface area contributed by atoms with Gasteiger partial charge in [0.2, 0.25) is 5.16 Å². The molecule has 0 unspecified atom stereocenters. The molecule has 96 valence electrons. The fourth-order valence-electron chi connectivity index (χ4n) is 1.62. The minimum absolute atomic E-state index is 0.689. The van der Waals surface area contributed by atoms with E-state index in [0.29, 0.717) is 5.82 Å². The van der Waals surface area contributed by atoms with Crippen molar-refractivity contribution in [1.82, 2.24) is 14.9 Å². The van der Waals surface area contributed by atoms with E-state index in [1.807, 2.05) is 43.3 Å². The van der Waals surface area contributed by atoms with Gasteiger partial charge in [-0.25, -0.2) is 4.68 Å². The van der Waals surface area contributed by atoms with E-state index in [2.05, 4.69) is 17.1 Å². The van der Waals surface area contributed by atoms with Crippen molar-refractivity contribution < 1.29 is 0 Å². The van der Waals surface area contributed by atoms with Gasteiger partial charge in [0.15, 0.2) is 5.82 Å². The number of thioether (sulfide) groups is 1. The lowest BCUT2D eigenvalue weighted by Crippen LogP contribution is -2.12. The van der Waals surface area contributed by atoms with Gasteiger partial charge in [-0.2, -0.15) is 0 Å². The first-order valence-corrected chi connectivity index (χ1v) is 6.73. The second kappa shape index (κ2) is 5.30. The van der Waals surface area contributed by atoms with Crippen LogP contribution in [0.2, 0.25) is 0 Å². The molecule has 0 aliphatic heterocycles. The van der Waals surface area contributed by atoms with Crippen LogP contribution >= 0.6 is 11.8 Å². The van der Waals surface area contributed by atoms with Crippen LogP contribution < -0.4 is 10.7 Å². The van der Waals surface area contributed by atoms with Crippen LogP contribution in [0.15, 0.2) is 29.4 Å². The van der Waals surface area contributed by atoms with Gasteiger partial charge >= 0.3 is 0 Å². The van der Waals surface area contributed by atoms with Crippen LogP contribution in [0.5, 0.6) is 0 Å². The highest BCUT2D eigenvalue weighted by Crippen LogP contribution is 2.24. The standard InChI is InChI=1S/C12H17N5S/c1-4-18-12-15-14-11(17(12)13)9-6-5-7-10(8-9)16(2)3/h5-8H,4,13H2,1-3H3. The summed E-state index contributed by atoms with van der Waals surface area (Å²) in [5.41, 5.74) is 2.08. The molecule has 6 heteroatoms. The molecule has 0 saturated carbocycles. The minimum Gasteiger partial charge on any atom is -0.378 e. The highest BCUT2D eigenvalue weighted by atomic mass is 32.2. The van der Waals surface area contributed by atoms with Crippen molar-refractivity contribution in [2.24, 2.45) is 0 Å². The van der Waals surface area contributed by atoms with Crippen molar-refractivity contribution in [3.8, 4) is 11.4 Å². The Bertz CT molecular complexity index is 535. The summed E-state index contributed by atoms with van der Waals surface area (Å²) in [5.74, 6) is 7.62. The predicted molar refractivity (Wildman–Crippen MR) is 76.3 cm³/mol. The maximum atomic E-state index is 6.00. The van der Waals surface area contributed by atoms with Crippen LogP contribution in [0, 0.1) is 0 Å². The van der Waals surface area contributed by atoms with Crippen molar-refractivity contribution in [2.75, 3.05) is 30.6 Å². The molecule has 0 fully saturated rings. The molecular formula is C12H17N5S. The second-order valence-corrected chi connectivity index (χ2v) is 5.29. The Balaban J connectivity index is 2.39. The van der Waals surface area contributed by atoms with Gasteiger partial charge in [-0.3, -0.25) is 0 Å². The first-order valence-electron chi connectivity index (χ1n) is 5.74. The Hall–Kier alpha value is -1.69. The van der Waals surface area contributed by atoms with Crippen LogP contribution in [0.3, 0.4) is 0 Å². The highest BCUT2D eigenvalue weighted by molar-refractivity contribution is 7.99. The molecule has 0 bridgehead atoms. The Kier molecular flexibility index (Phi) is 3.76. The number of nitrogen functional groups attached to an aromatic ring is 1. The number of hydrogen-bond acceptors (Lipinski definition) is 5. The molecule has 0 amide bonds. The summed E-state index contributed by atoms with van der Waals surface area (Å²) in [7, 11) is 4.01. The summed E-state index contributed by atoms with van der Waals surface area (Å²) >= 11 is 1.58. The molecule has 1 heterocycles. The molecule has 0 spiro atoms. The van der Waals surface area contributed by atoms with E-state index in [-0.39, 0.29) is 0 Å². The smallest absolute Gasteiger partial charge is 0.210 e. The molecule has 0 aliphatic rings. The third kappa shape index (κ3) is 2.43. The minimum atomic E-state index is 0.689. The third-order valence-corrected chi connectivity index (χ3v) is 3.38. The number of rotatable bonds is 4. The molecule has 2 N–H and O–H groups in total. The largest absolute Gasteiger partial charge is 0.378 e. The van der Waals surface area contributed by atoms with Gasteiger partial charge in [-0.1, -0.05) is 30.8 Å². The maximum absolute atomic E-state index is 6.00. The fraction of sp³-hybridized carbons (Fsp3) is 0.333. The molecule has 0 atom stereocenters. The Morgan fingerprint density at radius 2 is 2.11 bits per heavy atom. The van der Waals surface area contributed by atoms with Crippen LogP contribution in [0.4, 0.5) is 5.69 Å². The zero-order valence-electron chi connectivity index (χ0n) is 10.8. The SMILES string of the molecule is CCSc1nnc(-c2cccc(N(C)C)c2)n1N. The summed E-state index contributed by atoms with van der Waals surface area (Å²) in [6.07, 6.45) is 0. The summed E-state index contributed by atoms with van der Waals surface area (Å²) in [5, 5.41) is 8.99. The first kappa shape index (κ1) is 12.8. The molecule has 2 aromatic rings. The van der Waals surface area contributed by atoms with E-state index >= 15 is 0 Å². The van der Waals surface area contributed by atoms with E-state index in [1.165, 1.54) is 0 Å². The molecule has 18 heavy (non-hydrogen) atoms. The quantitative estimate of drug-likeness (QED) is 0.673. The van der Waals surface area contributed by atoms with Crippen molar-refractivity contribution in [1.29, 1.82) is 0 Å². The van der Waals surface area contributed by atoms with Crippen molar-refractivity contribution >= 4 is 17.4 Å². The van der Waals surface area contributed by atoms with E-state index in [0.717, 1.165) is 22.2 Å². The molecule has 1 aromatic carbocycles. The summed E-state index contributed by atoms with van der Waals surface area (Å²) in [4.78, 5) is 2.04. The zero-order chi connectivity index (χ0) is 13.1. The van der Waals surface area contributed by atoms with Gasteiger partial charge in [-0.15, -0.1) is 10.2 Å². The van der Waals surface area contributed by atoms with Crippen molar-refractivity contribution in [2.45, 2.75) is 12.1 Å². The average molecular weight is 263 g/mol. The highest BCUT2D eigenvalue weighted by Gasteiger charge is 2.12. The lowest BCUT2D eigenvalue weighted by atomic mass is 10.2. The predicted octanol–water partition coefficient (Wildman–Crippen LogP) is 1.84. The fourth-order valence-corrected chi connectivity index (χ4v) is 2.21. The average Bonchev–Trinajstić information content (AvgIpc) is 2.72.